The van der Waals surface area contributed by atoms with Crippen LogP contribution in [0.25, 0.3) is 43.8 Å². The lowest BCUT2D eigenvalue weighted by molar-refractivity contribution is 0.659. The lowest BCUT2D eigenvalue weighted by atomic mass is 9.82. The largest absolute Gasteiger partial charge is 0.456 e. The fourth-order valence-corrected chi connectivity index (χ4v) is 5.96. The molecule has 1 heteroatoms. The number of fused-ring (bicyclic) bond motifs is 8. The molecule has 1 aromatic heterocycles. The van der Waals surface area contributed by atoms with Crippen LogP contribution in [0, 0.1) is 0 Å². The first kappa shape index (κ1) is 18.7. The molecular formula is C32H24O. The van der Waals surface area contributed by atoms with E-state index >= 15 is 0 Å². The summed E-state index contributed by atoms with van der Waals surface area (Å²) in [7, 11) is 0. The fourth-order valence-electron chi connectivity index (χ4n) is 5.96. The van der Waals surface area contributed by atoms with Crippen LogP contribution in [0.2, 0.25) is 0 Å². The van der Waals surface area contributed by atoms with Gasteiger partial charge in [-0.25, -0.2) is 0 Å². The first-order valence-corrected chi connectivity index (χ1v) is 11.7. The predicted molar refractivity (Wildman–Crippen MR) is 138 cm³/mol. The monoisotopic (exact) mass is 424 g/mol. The number of rotatable bonds is 2. The van der Waals surface area contributed by atoms with Crippen LogP contribution in [0.15, 0.2) is 101 Å². The van der Waals surface area contributed by atoms with Gasteiger partial charge in [-0.1, -0.05) is 98.8 Å². The average Bonchev–Trinajstić information content (AvgIpc) is 3.34. The van der Waals surface area contributed by atoms with Crippen molar-refractivity contribution >= 4 is 32.7 Å². The van der Waals surface area contributed by atoms with Crippen LogP contribution in [-0.2, 0) is 11.8 Å². The van der Waals surface area contributed by atoms with Gasteiger partial charge in [-0.05, 0) is 50.7 Å². The van der Waals surface area contributed by atoms with Crippen LogP contribution in [0.4, 0.5) is 0 Å². The van der Waals surface area contributed by atoms with Gasteiger partial charge in [0.15, 0.2) is 0 Å². The van der Waals surface area contributed by atoms with Crippen molar-refractivity contribution < 1.29 is 4.42 Å². The molecule has 6 aromatic rings. The molecule has 0 aliphatic heterocycles. The van der Waals surface area contributed by atoms with Crippen molar-refractivity contribution in [1.29, 1.82) is 0 Å². The third kappa shape index (κ3) is 2.54. The van der Waals surface area contributed by atoms with E-state index in [0.29, 0.717) is 0 Å². The average molecular weight is 425 g/mol. The minimum atomic E-state index is 0.0139. The van der Waals surface area contributed by atoms with E-state index in [1.165, 1.54) is 54.9 Å². The topological polar surface area (TPSA) is 13.1 Å². The summed E-state index contributed by atoms with van der Waals surface area (Å²) in [6, 6.07) is 35.1. The van der Waals surface area contributed by atoms with Gasteiger partial charge in [-0.2, -0.15) is 0 Å². The molecule has 158 valence electrons. The molecule has 0 fully saturated rings. The minimum Gasteiger partial charge on any atom is -0.456 e. The molecule has 1 aliphatic rings. The maximum atomic E-state index is 6.49. The Morgan fingerprint density at radius 2 is 1.39 bits per heavy atom. The second-order valence-corrected chi connectivity index (χ2v) is 9.75. The van der Waals surface area contributed by atoms with Gasteiger partial charge in [-0.15, -0.1) is 0 Å². The second kappa shape index (κ2) is 6.59. The van der Waals surface area contributed by atoms with Crippen molar-refractivity contribution in [1.82, 2.24) is 0 Å². The van der Waals surface area contributed by atoms with Crippen molar-refractivity contribution in [2.45, 2.75) is 25.7 Å². The minimum absolute atomic E-state index is 0.0139. The third-order valence-electron chi connectivity index (χ3n) is 7.52. The van der Waals surface area contributed by atoms with E-state index in [-0.39, 0.29) is 5.41 Å². The zero-order valence-electron chi connectivity index (χ0n) is 18.9. The highest BCUT2D eigenvalue weighted by atomic mass is 16.3. The van der Waals surface area contributed by atoms with Gasteiger partial charge in [0, 0.05) is 28.2 Å². The maximum Gasteiger partial charge on any atom is 0.139 e. The van der Waals surface area contributed by atoms with Gasteiger partial charge < -0.3 is 4.42 Å². The van der Waals surface area contributed by atoms with E-state index in [0.717, 1.165) is 17.6 Å². The quantitative estimate of drug-likeness (QED) is 0.271. The van der Waals surface area contributed by atoms with Crippen LogP contribution in [0.1, 0.15) is 36.1 Å². The Balaban J connectivity index is 1.51. The number of benzene rings is 5. The summed E-state index contributed by atoms with van der Waals surface area (Å²) in [5, 5.41) is 4.94. The van der Waals surface area contributed by atoms with Crippen LogP contribution in [0.3, 0.4) is 0 Å². The van der Waals surface area contributed by atoms with Gasteiger partial charge in [0.2, 0.25) is 0 Å². The molecule has 0 unspecified atom stereocenters. The van der Waals surface area contributed by atoms with Crippen LogP contribution in [0.5, 0.6) is 0 Å². The van der Waals surface area contributed by atoms with Crippen LogP contribution in [-0.4, -0.2) is 0 Å². The molecule has 1 aliphatic carbocycles. The summed E-state index contributed by atoms with van der Waals surface area (Å²) < 4.78 is 6.49. The SMILES string of the molecule is CC1(C)c2ccccc2-c2c(Cc3cc4ccccc4c4c3oc3ccccc34)cccc21. The van der Waals surface area contributed by atoms with Gasteiger partial charge >= 0.3 is 0 Å². The van der Waals surface area contributed by atoms with Crippen LogP contribution < -0.4 is 0 Å². The number of furan rings is 1. The van der Waals surface area contributed by atoms with Crippen molar-refractivity contribution in [2.75, 3.05) is 0 Å². The first-order valence-electron chi connectivity index (χ1n) is 11.7. The van der Waals surface area contributed by atoms with Crippen molar-refractivity contribution in [3.63, 3.8) is 0 Å². The Morgan fingerprint density at radius 3 is 2.30 bits per heavy atom. The molecule has 0 atom stereocenters. The molecule has 0 saturated heterocycles. The lowest BCUT2D eigenvalue weighted by Gasteiger charge is -2.21. The Hall–Kier alpha value is -3.84. The molecule has 1 nitrogen and oxygen atoms in total. The molecule has 0 amide bonds. The summed E-state index contributed by atoms with van der Waals surface area (Å²) in [5.74, 6) is 0. The van der Waals surface area contributed by atoms with E-state index in [1.807, 2.05) is 0 Å². The van der Waals surface area contributed by atoms with Gasteiger partial charge in [0.25, 0.3) is 0 Å². The number of hydrogen-bond acceptors (Lipinski definition) is 1. The molecule has 1 heterocycles. The zero-order valence-corrected chi connectivity index (χ0v) is 18.9. The summed E-state index contributed by atoms with van der Waals surface area (Å²) in [6.45, 7) is 4.68. The summed E-state index contributed by atoms with van der Waals surface area (Å²) in [6.07, 6.45) is 0.842. The highest BCUT2D eigenvalue weighted by Crippen LogP contribution is 2.50. The van der Waals surface area contributed by atoms with Crippen molar-refractivity contribution in [3.05, 3.63) is 119 Å². The molecule has 0 radical (unpaired) electrons. The molecule has 0 spiro atoms. The maximum absolute atomic E-state index is 6.49. The lowest BCUT2D eigenvalue weighted by Crippen LogP contribution is -2.14. The second-order valence-electron chi connectivity index (χ2n) is 9.75. The normalized spacial score (nSPS) is 14.1. The smallest absolute Gasteiger partial charge is 0.139 e. The fraction of sp³-hybridized carbons (Fsp3) is 0.125. The van der Waals surface area contributed by atoms with Gasteiger partial charge in [0.05, 0.1) is 0 Å². The molecule has 0 bridgehead atoms. The Morgan fingerprint density at radius 1 is 0.667 bits per heavy atom. The summed E-state index contributed by atoms with van der Waals surface area (Å²) >= 11 is 0. The Bertz CT molecular complexity index is 1710. The molecule has 0 saturated carbocycles. The highest BCUT2D eigenvalue weighted by molar-refractivity contribution is 6.19. The van der Waals surface area contributed by atoms with Gasteiger partial charge in [0.1, 0.15) is 11.2 Å². The molecular weight excluding hydrogens is 400 g/mol. The zero-order chi connectivity index (χ0) is 22.2. The number of para-hydroxylation sites is 1. The van der Waals surface area contributed by atoms with Gasteiger partial charge in [-0.3, -0.25) is 0 Å². The van der Waals surface area contributed by atoms with E-state index in [9.17, 15) is 0 Å². The first-order chi connectivity index (χ1) is 16.1. The van der Waals surface area contributed by atoms with E-state index < -0.39 is 0 Å². The number of hydrogen-bond donors (Lipinski definition) is 0. The molecule has 33 heavy (non-hydrogen) atoms. The van der Waals surface area contributed by atoms with Crippen molar-refractivity contribution in [2.24, 2.45) is 0 Å². The summed E-state index contributed by atoms with van der Waals surface area (Å²) in [4.78, 5) is 0. The van der Waals surface area contributed by atoms with Crippen LogP contribution >= 0.6 is 0 Å². The molecule has 5 aromatic carbocycles. The molecule has 7 rings (SSSR count). The molecule has 0 N–H and O–H groups in total. The van der Waals surface area contributed by atoms with Crippen molar-refractivity contribution in [3.8, 4) is 11.1 Å². The van der Waals surface area contributed by atoms with E-state index in [1.54, 1.807) is 0 Å². The Kier molecular flexibility index (Phi) is 3.73. The predicted octanol–water partition coefficient (Wildman–Crippen LogP) is 8.64. The van der Waals surface area contributed by atoms with E-state index in [2.05, 4.69) is 111 Å². The summed E-state index contributed by atoms with van der Waals surface area (Å²) in [5.41, 5.74) is 10.2. The Labute approximate surface area is 193 Å². The standard InChI is InChI=1S/C32H24O/c1-32(2)26-15-7-5-13-24(26)29-21(11-9-16-27(29)32)19-22-18-20-10-3-4-12-23(20)30-25-14-6-8-17-28(25)33-31(22)30/h3-18H,19H2,1-2H3. The highest BCUT2D eigenvalue weighted by Gasteiger charge is 2.36. The third-order valence-corrected chi connectivity index (χ3v) is 7.52. The van der Waals surface area contributed by atoms with E-state index in [4.69, 9.17) is 4.42 Å².